The van der Waals surface area contributed by atoms with Gasteiger partial charge in [-0.25, -0.2) is 9.86 Å². The van der Waals surface area contributed by atoms with Gasteiger partial charge in [-0.05, 0) is 38.5 Å². The molecule has 0 bridgehead atoms. The third-order valence-electron chi connectivity index (χ3n) is 3.07. The van der Waals surface area contributed by atoms with E-state index >= 15 is 0 Å². The average molecular weight is 356 g/mol. The van der Waals surface area contributed by atoms with Crippen molar-refractivity contribution in [2.24, 2.45) is 0 Å². The van der Waals surface area contributed by atoms with Crippen LogP contribution in [0.4, 0.5) is 4.79 Å². The monoisotopic (exact) mass is 356 g/mol. The van der Waals surface area contributed by atoms with Crippen molar-refractivity contribution in [3.63, 3.8) is 0 Å². The van der Waals surface area contributed by atoms with E-state index in [0.29, 0.717) is 12.2 Å². The van der Waals surface area contributed by atoms with E-state index in [-0.39, 0.29) is 5.91 Å². The molecule has 0 spiro atoms. The lowest BCUT2D eigenvalue weighted by atomic mass is 10.1. The first-order valence-corrected chi connectivity index (χ1v) is 7.90. The van der Waals surface area contributed by atoms with Crippen LogP contribution in [-0.4, -0.2) is 42.9 Å². The van der Waals surface area contributed by atoms with Crippen LogP contribution in [0, 0.1) is 0 Å². The summed E-state index contributed by atoms with van der Waals surface area (Å²) in [7, 11) is 5.03. The van der Waals surface area contributed by atoms with E-state index in [2.05, 4.69) is 14.8 Å². The highest BCUT2D eigenvalue weighted by atomic mass is 31.0. The molecule has 0 saturated carbocycles. The van der Waals surface area contributed by atoms with Gasteiger partial charge < -0.3 is 14.6 Å². The molecule has 2 atom stereocenters. The molecule has 2 unspecified atom stereocenters. The van der Waals surface area contributed by atoms with Gasteiger partial charge >= 0.3 is 6.09 Å². The van der Waals surface area contributed by atoms with Crippen LogP contribution in [0.25, 0.3) is 0 Å². The number of ether oxygens (including phenoxy) is 1. The summed E-state index contributed by atoms with van der Waals surface area (Å²) in [6, 6.07) is 6.38. The predicted octanol–water partition coefficient (Wildman–Crippen LogP) is 2.31. The summed E-state index contributed by atoms with van der Waals surface area (Å²) in [5.41, 5.74) is 0.211. The molecule has 0 radical (unpaired) electrons. The van der Waals surface area contributed by atoms with E-state index in [1.165, 1.54) is 14.2 Å². The minimum atomic E-state index is -0.812. The van der Waals surface area contributed by atoms with Crippen molar-refractivity contribution in [1.29, 1.82) is 0 Å². The molecule has 0 saturated heterocycles. The second-order valence-electron chi connectivity index (χ2n) is 6.18. The molecule has 134 valence electrons. The number of hydrogen-bond acceptors (Lipinski definition) is 5. The summed E-state index contributed by atoms with van der Waals surface area (Å²) in [6.45, 7) is 5.27. The van der Waals surface area contributed by atoms with Crippen molar-refractivity contribution in [3.05, 3.63) is 29.8 Å². The first-order valence-electron chi connectivity index (χ1n) is 7.43. The summed E-state index contributed by atoms with van der Waals surface area (Å²) < 4.78 is 10.2. The van der Waals surface area contributed by atoms with Gasteiger partial charge in [-0.2, -0.15) is 0 Å². The first-order chi connectivity index (χ1) is 11.2. The first kappa shape index (κ1) is 20.2. The van der Waals surface area contributed by atoms with Crippen LogP contribution in [0.2, 0.25) is 0 Å². The Morgan fingerprint density at radius 3 is 2.29 bits per heavy atom. The molecule has 8 heteroatoms. The number of hydroxylamine groups is 2. The number of benzene rings is 1. The van der Waals surface area contributed by atoms with Gasteiger partial charge in [-0.1, -0.05) is 12.1 Å². The van der Waals surface area contributed by atoms with Gasteiger partial charge in [0.15, 0.2) is 0 Å². The Labute approximate surface area is 144 Å². The molecular formula is C16H25N2O5P. The number of hydrogen-bond donors (Lipinski definition) is 1. The zero-order valence-corrected chi connectivity index (χ0v) is 15.8. The zero-order valence-electron chi connectivity index (χ0n) is 14.7. The third-order valence-corrected chi connectivity index (χ3v) is 3.34. The standard InChI is InChI=1S/C16H25N2O5P/c1-16(2,3)22-15(20)17-13(14(19)18(4)21-5)10-11-6-8-12(23-24)9-7-11/h6-9,13H,10,24H2,1-5H3,(H,17,20). The Hall–Kier alpha value is -1.85. The molecule has 1 aromatic carbocycles. The van der Waals surface area contributed by atoms with Crippen molar-refractivity contribution in [3.8, 4) is 5.75 Å². The van der Waals surface area contributed by atoms with Gasteiger partial charge in [0.05, 0.1) is 16.6 Å². The van der Waals surface area contributed by atoms with Gasteiger partial charge in [0, 0.05) is 13.5 Å². The molecule has 0 aliphatic rings. The van der Waals surface area contributed by atoms with Crippen molar-refractivity contribution >= 4 is 21.5 Å². The Morgan fingerprint density at radius 1 is 1.25 bits per heavy atom. The van der Waals surface area contributed by atoms with Crippen LogP contribution >= 0.6 is 9.47 Å². The average Bonchev–Trinajstić information content (AvgIpc) is 2.51. The molecule has 1 N–H and O–H groups in total. The Kier molecular flexibility index (Phi) is 7.45. The Morgan fingerprint density at radius 2 is 1.83 bits per heavy atom. The number of rotatable bonds is 6. The Balaban J connectivity index is 2.87. The van der Waals surface area contributed by atoms with Crippen LogP contribution in [0.15, 0.2) is 24.3 Å². The minimum Gasteiger partial charge on any atom is -0.480 e. The lowest BCUT2D eigenvalue weighted by Crippen LogP contribution is -2.49. The van der Waals surface area contributed by atoms with E-state index in [1.807, 2.05) is 12.1 Å². The molecule has 2 amide bonds. The maximum absolute atomic E-state index is 12.4. The number of likely N-dealkylation sites (N-methyl/N-ethyl adjacent to an activating group) is 1. The lowest BCUT2D eigenvalue weighted by molar-refractivity contribution is -0.171. The summed E-state index contributed by atoms with van der Waals surface area (Å²) >= 11 is 0. The molecule has 0 aromatic heterocycles. The van der Waals surface area contributed by atoms with E-state index < -0.39 is 17.7 Å². The van der Waals surface area contributed by atoms with Crippen molar-refractivity contribution in [1.82, 2.24) is 10.4 Å². The maximum Gasteiger partial charge on any atom is 0.408 e. The quantitative estimate of drug-likeness (QED) is 0.625. The molecule has 24 heavy (non-hydrogen) atoms. The van der Waals surface area contributed by atoms with Crippen LogP contribution in [0.5, 0.6) is 5.75 Å². The van der Waals surface area contributed by atoms with Crippen LogP contribution in [0.3, 0.4) is 0 Å². The van der Waals surface area contributed by atoms with Crippen molar-refractivity contribution in [2.45, 2.75) is 38.8 Å². The lowest BCUT2D eigenvalue weighted by Gasteiger charge is -2.25. The van der Waals surface area contributed by atoms with Gasteiger partial charge in [0.25, 0.3) is 5.91 Å². The predicted molar refractivity (Wildman–Crippen MR) is 93.4 cm³/mol. The topological polar surface area (TPSA) is 77.1 Å². The summed E-state index contributed by atoms with van der Waals surface area (Å²) in [4.78, 5) is 29.3. The fourth-order valence-corrected chi connectivity index (χ4v) is 2.06. The SMILES string of the molecule is CON(C)C(=O)C(Cc1ccc(OP)cc1)NC(=O)OC(C)(C)C. The largest absolute Gasteiger partial charge is 0.480 e. The number of amides is 2. The second kappa shape index (κ2) is 8.85. The molecular weight excluding hydrogens is 331 g/mol. The zero-order chi connectivity index (χ0) is 18.3. The highest BCUT2D eigenvalue weighted by molar-refractivity contribution is 7.10. The van der Waals surface area contributed by atoms with Crippen LogP contribution in [0.1, 0.15) is 26.3 Å². The molecule has 1 rings (SSSR count). The van der Waals surface area contributed by atoms with Crippen LogP contribution < -0.4 is 9.84 Å². The van der Waals surface area contributed by atoms with E-state index in [9.17, 15) is 9.59 Å². The van der Waals surface area contributed by atoms with Gasteiger partial charge in [-0.15, -0.1) is 0 Å². The summed E-state index contributed by atoms with van der Waals surface area (Å²) in [5.74, 6) is 0.301. The number of carbonyl (C=O) groups is 2. The summed E-state index contributed by atoms with van der Waals surface area (Å²) in [5, 5.41) is 3.67. The smallest absolute Gasteiger partial charge is 0.408 e. The van der Waals surface area contributed by atoms with Gasteiger partial charge in [0.2, 0.25) is 0 Å². The van der Waals surface area contributed by atoms with Crippen molar-refractivity contribution in [2.75, 3.05) is 14.2 Å². The van der Waals surface area contributed by atoms with Gasteiger partial charge in [-0.3, -0.25) is 9.63 Å². The highest BCUT2D eigenvalue weighted by Crippen LogP contribution is 2.16. The van der Waals surface area contributed by atoms with E-state index in [1.54, 1.807) is 32.9 Å². The second-order valence-corrected chi connectivity index (χ2v) is 6.42. The van der Waals surface area contributed by atoms with Crippen LogP contribution in [-0.2, 0) is 20.8 Å². The fourth-order valence-electron chi connectivity index (χ4n) is 1.90. The molecule has 0 heterocycles. The Bertz CT molecular complexity index is 557. The van der Waals surface area contributed by atoms with Crippen molar-refractivity contribution < 1.29 is 23.7 Å². The molecule has 1 aromatic rings. The number of carbonyl (C=O) groups excluding carboxylic acids is 2. The minimum absolute atomic E-state index is 0.295. The molecule has 0 fully saturated rings. The maximum atomic E-state index is 12.4. The summed E-state index contributed by atoms with van der Waals surface area (Å²) in [6.07, 6.45) is -0.363. The van der Waals surface area contributed by atoms with E-state index in [0.717, 1.165) is 10.6 Å². The fraction of sp³-hybridized carbons (Fsp3) is 0.500. The highest BCUT2D eigenvalue weighted by Gasteiger charge is 2.27. The van der Waals surface area contributed by atoms with E-state index in [4.69, 9.17) is 14.1 Å². The third kappa shape index (κ3) is 6.72. The number of nitrogens with one attached hydrogen (secondary N) is 1. The molecule has 0 aliphatic carbocycles. The van der Waals surface area contributed by atoms with Gasteiger partial charge in [0.1, 0.15) is 17.4 Å². The number of alkyl carbamates (subject to hydrolysis) is 1. The normalized spacial score (nSPS) is 12.2. The molecule has 7 nitrogen and oxygen atoms in total. The number of nitrogens with zero attached hydrogens (tertiary/aromatic N) is 1. The molecule has 0 aliphatic heterocycles.